The van der Waals surface area contributed by atoms with Gasteiger partial charge in [0.15, 0.2) is 0 Å². The van der Waals surface area contributed by atoms with E-state index in [9.17, 15) is 18.8 Å². The minimum Gasteiger partial charge on any atom is -0.325 e. The van der Waals surface area contributed by atoms with Crippen LogP contribution in [0.5, 0.6) is 0 Å². The van der Waals surface area contributed by atoms with E-state index in [1.54, 1.807) is 24.3 Å². The van der Waals surface area contributed by atoms with E-state index in [2.05, 4.69) is 16.2 Å². The Bertz CT molecular complexity index is 854. The first-order valence-corrected chi connectivity index (χ1v) is 8.38. The number of hydrazine groups is 1. The molecule has 0 fully saturated rings. The molecular weight excluding hydrogens is 373 g/mol. The summed E-state index contributed by atoms with van der Waals surface area (Å²) in [7, 11) is 0. The third-order valence-electron chi connectivity index (χ3n) is 3.35. The Kier molecular flexibility index (Phi) is 7.51. The van der Waals surface area contributed by atoms with Crippen LogP contribution in [0.15, 0.2) is 54.6 Å². The highest BCUT2D eigenvalue weighted by Crippen LogP contribution is 2.20. The molecule has 2 rings (SSSR count). The van der Waals surface area contributed by atoms with Gasteiger partial charge in [-0.2, -0.15) is 0 Å². The van der Waals surface area contributed by atoms with Gasteiger partial charge in [0.2, 0.25) is 11.8 Å². The lowest BCUT2D eigenvalue weighted by molar-refractivity contribution is -0.128. The van der Waals surface area contributed by atoms with Crippen molar-refractivity contribution in [3.05, 3.63) is 71.0 Å². The molecule has 6 nitrogen and oxygen atoms in total. The molecule has 0 radical (unpaired) electrons. The molecule has 0 saturated carbocycles. The topological polar surface area (TPSA) is 87.3 Å². The summed E-state index contributed by atoms with van der Waals surface area (Å²) in [4.78, 5) is 35.1. The molecule has 0 aliphatic rings. The first-order chi connectivity index (χ1) is 12.9. The number of hydrogen-bond donors (Lipinski definition) is 3. The first-order valence-electron chi connectivity index (χ1n) is 8.01. The SMILES string of the molecule is O=C(/C=C/c1ccc(F)cc1)NNC(=O)CCC(=O)Nc1ccccc1Cl. The molecule has 3 N–H and O–H groups in total. The number of anilines is 1. The summed E-state index contributed by atoms with van der Waals surface area (Å²) in [6.07, 6.45) is 2.48. The number of para-hydroxylation sites is 1. The van der Waals surface area contributed by atoms with Crippen LogP contribution in [0.3, 0.4) is 0 Å². The third kappa shape index (κ3) is 7.29. The van der Waals surface area contributed by atoms with Gasteiger partial charge >= 0.3 is 0 Å². The van der Waals surface area contributed by atoms with E-state index in [1.165, 1.54) is 36.4 Å². The lowest BCUT2D eigenvalue weighted by Gasteiger charge is -2.07. The van der Waals surface area contributed by atoms with E-state index in [4.69, 9.17) is 11.6 Å². The summed E-state index contributed by atoms with van der Waals surface area (Å²) < 4.78 is 12.8. The predicted octanol–water partition coefficient (Wildman–Crippen LogP) is 3.06. The lowest BCUT2D eigenvalue weighted by atomic mass is 10.2. The summed E-state index contributed by atoms with van der Waals surface area (Å²) >= 11 is 5.93. The zero-order valence-electron chi connectivity index (χ0n) is 14.2. The highest BCUT2D eigenvalue weighted by atomic mass is 35.5. The van der Waals surface area contributed by atoms with Crippen LogP contribution in [0.25, 0.3) is 6.08 Å². The molecule has 0 spiro atoms. The molecule has 0 aromatic heterocycles. The van der Waals surface area contributed by atoms with Crippen molar-refractivity contribution < 1.29 is 18.8 Å². The number of nitrogens with one attached hydrogen (secondary N) is 3. The van der Waals surface area contributed by atoms with Gasteiger partial charge < -0.3 is 5.32 Å². The number of halogens is 2. The van der Waals surface area contributed by atoms with Gasteiger partial charge in [-0.1, -0.05) is 35.9 Å². The van der Waals surface area contributed by atoms with Crippen LogP contribution in [0.4, 0.5) is 10.1 Å². The Morgan fingerprint density at radius 1 is 0.926 bits per heavy atom. The van der Waals surface area contributed by atoms with Crippen molar-refractivity contribution in [1.82, 2.24) is 10.9 Å². The fourth-order valence-electron chi connectivity index (χ4n) is 1.98. The largest absolute Gasteiger partial charge is 0.325 e. The molecule has 2 aromatic rings. The first kappa shape index (κ1) is 20.1. The van der Waals surface area contributed by atoms with E-state index in [0.29, 0.717) is 16.3 Å². The van der Waals surface area contributed by atoms with Crippen LogP contribution < -0.4 is 16.2 Å². The van der Waals surface area contributed by atoms with Crippen molar-refractivity contribution in [1.29, 1.82) is 0 Å². The maximum Gasteiger partial charge on any atom is 0.262 e. The van der Waals surface area contributed by atoms with Crippen molar-refractivity contribution in [2.45, 2.75) is 12.8 Å². The maximum atomic E-state index is 12.8. The van der Waals surface area contributed by atoms with Crippen LogP contribution in [0, 0.1) is 5.82 Å². The molecule has 0 aliphatic carbocycles. The molecule has 0 atom stereocenters. The maximum absolute atomic E-state index is 12.8. The molecule has 0 saturated heterocycles. The van der Waals surface area contributed by atoms with Crippen LogP contribution >= 0.6 is 11.6 Å². The molecule has 140 valence electrons. The van der Waals surface area contributed by atoms with Crippen LogP contribution in [0.1, 0.15) is 18.4 Å². The van der Waals surface area contributed by atoms with Gasteiger partial charge in [-0.15, -0.1) is 0 Å². The van der Waals surface area contributed by atoms with Gasteiger partial charge in [-0.25, -0.2) is 4.39 Å². The minimum atomic E-state index is -0.562. The average Bonchev–Trinajstić information content (AvgIpc) is 2.66. The van der Waals surface area contributed by atoms with Gasteiger partial charge in [-0.05, 0) is 35.9 Å². The van der Waals surface area contributed by atoms with Crippen molar-refractivity contribution in [3.63, 3.8) is 0 Å². The summed E-state index contributed by atoms with van der Waals surface area (Å²) in [5, 5.41) is 3.00. The summed E-state index contributed by atoms with van der Waals surface area (Å²) in [6.45, 7) is 0. The molecule has 8 heteroatoms. The van der Waals surface area contributed by atoms with Gasteiger partial charge in [0.25, 0.3) is 5.91 Å². The molecule has 0 bridgehead atoms. The average molecular weight is 390 g/mol. The number of amides is 3. The van der Waals surface area contributed by atoms with Crippen molar-refractivity contribution in [2.24, 2.45) is 0 Å². The second-order valence-corrected chi connectivity index (χ2v) is 5.86. The number of carbonyl (C=O) groups excluding carboxylic acids is 3. The Morgan fingerprint density at radius 3 is 2.30 bits per heavy atom. The van der Waals surface area contributed by atoms with E-state index < -0.39 is 11.8 Å². The van der Waals surface area contributed by atoms with Crippen LogP contribution in [-0.2, 0) is 14.4 Å². The standard InChI is InChI=1S/C19H17ClFN3O3/c20-15-3-1-2-4-16(15)22-17(25)11-12-19(27)24-23-18(26)10-7-13-5-8-14(21)9-6-13/h1-10H,11-12H2,(H,22,25)(H,23,26)(H,24,27)/b10-7+. The van der Waals surface area contributed by atoms with E-state index >= 15 is 0 Å². The fourth-order valence-corrected chi connectivity index (χ4v) is 2.17. The van der Waals surface area contributed by atoms with Gasteiger partial charge in [0.05, 0.1) is 10.7 Å². The van der Waals surface area contributed by atoms with Gasteiger partial charge in [0, 0.05) is 18.9 Å². The Labute approximate surface area is 160 Å². The van der Waals surface area contributed by atoms with E-state index in [0.717, 1.165) is 0 Å². The van der Waals surface area contributed by atoms with Crippen LogP contribution in [0.2, 0.25) is 5.02 Å². The molecule has 0 unspecified atom stereocenters. The summed E-state index contributed by atoms with van der Waals surface area (Å²) in [6, 6.07) is 12.3. The molecule has 0 aliphatic heterocycles. The van der Waals surface area contributed by atoms with Crippen LogP contribution in [-0.4, -0.2) is 17.7 Å². The Hall–Kier alpha value is -3.19. The van der Waals surface area contributed by atoms with E-state index in [1.807, 2.05) is 0 Å². The Morgan fingerprint density at radius 2 is 1.59 bits per heavy atom. The lowest BCUT2D eigenvalue weighted by Crippen LogP contribution is -2.41. The number of hydrogen-bond acceptors (Lipinski definition) is 3. The zero-order valence-corrected chi connectivity index (χ0v) is 14.9. The third-order valence-corrected chi connectivity index (χ3v) is 3.68. The molecule has 3 amide bonds. The van der Waals surface area contributed by atoms with E-state index in [-0.39, 0.29) is 24.6 Å². The van der Waals surface area contributed by atoms with Crippen molar-refractivity contribution in [3.8, 4) is 0 Å². The van der Waals surface area contributed by atoms with Gasteiger partial charge in [-0.3, -0.25) is 25.2 Å². The highest BCUT2D eigenvalue weighted by Gasteiger charge is 2.09. The predicted molar refractivity (Wildman–Crippen MR) is 101 cm³/mol. The van der Waals surface area contributed by atoms with Gasteiger partial charge in [0.1, 0.15) is 5.82 Å². The molecule has 2 aromatic carbocycles. The molecule has 27 heavy (non-hydrogen) atoms. The summed E-state index contributed by atoms with van der Waals surface area (Å²) in [5.74, 6) is -1.83. The molecular formula is C19H17ClFN3O3. The van der Waals surface area contributed by atoms with Crippen molar-refractivity contribution in [2.75, 3.05) is 5.32 Å². The molecule has 0 heterocycles. The highest BCUT2D eigenvalue weighted by molar-refractivity contribution is 6.33. The summed E-state index contributed by atoms with van der Waals surface area (Å²) in [5.41, 5.74) is 5.49. The number of carbonyl (C=O) groups is 3. The Balaban J connectivity index is 1.69. The van der Waals surface area contributed by atoms with Crippen molar-refractivity contribution >= 4 is 41.1 Å². The number of benzene rings is 2. The monoisotopic (exact) mass is 389 g/mol. The minimum absolute atomic E-state index is 0.0711. The number of rotatable bonds is 6. The smallest absolute Gasteiger partial charge is 0.262 e. The second-order valence-electron chi connectivity index (χ2n) is 5.45. The fraction of sp³-hybridized carbons (Fsp3) is 0.105. The normalized spacial score (nSPS) is 10.4. The second kappa shape index (κ2) is 10.1. The zero-order chi connectivity index (χ0) is 19.6. The quantitative estimate of drug-likeness (QED) is 0.524.